The Balaban J connectivity index is 1.31. The van der Waals surface area contributed by atoms with Crippen LogP contribution in [0.15, 0.2) is 84.9 Å². The maximum Gasteiger partial charge on any atom is 0.315 e. The molecule has 1 aliphatic rings. The molecule has 160 valence electrons. The zero-order valence-corrected chi connectivity index (χ0v) is 17.3. The number of ether oxygens (including phenoxy) is 1. The van der Waals surface area contributed by atoms with Crippen molar-refractivity contribution >= 4 is 6.03 Å². The Morgan fingerprint density at radius 3 is 1.90 bits per heavy atom. The summed E-state index contributed by atoms with van der Waals surface area (Å²) in [5.41, 5.74) is 2.08. The van der Waals surface area contributed by atoms with Crippen LogP contribution < -0.4 is 15.4 Å². The summed E-state index contributed by atoms with van der Waals surface area (Å²) in [5.74, 6) is 0.416. The molecule has 31 heavy (non-hydrogen) atoms. The fourth-order valence-corrected chi connectivity index (χ4v) is 4.04. The summed E-state index contributed by atoms with van der Waals surface area (Å²) in [7, 11) is 0. The molecule has 2 N–H and O–H groups in total. The largest absolute Gasteiger partial charge is 0.490 e. The molecule has 3 aromatic carbocycles. The number of halogens is 1. The number of carbonyl (C=O) groups is 1. The monoisotopic (exact) mass is 418 g/mol. The molecule has 2 amide bonds. The van der Waals surface area contributed by atoms with Crippen LogP contribution in [-0.2, 0) is 0 Å². The van der Waals surface area contributed by atoms with E-state index in [4.69, 9.17) is 4.74 Å². The van der Waals surface area contributed by atoms with Gasteiger partial charge in [-0.05, 0) is 61.1 Å². The Bertz CT molecular complexity index is 916. The van der Waals surface area contributed by atoms with Gasteiger partial charge in [0, 0.05) is 6.04 Å². The van der Waals surface area contributed by atoms with Gasteiger partial charge < -0.3 is 15.4 Å². The molecule has 0 bridgehead atoms. The van der Waals surface area contributed by atoms with E-state index in [1.54, 1.807) is 12.1 Å². The van der Waals surface area contributed by atoms with E-state index in [0.29, 0.717) is 5.75 Å². The summed E-state index contributed by atoms with van der Waals surface area (Å²) in [6.45, 7) is 0. The van der Waals surface area contributed by atoms with Gasteiger partial charge in [0.05, 0.1) is 12.1 Å². The minimum atomic E-state index is -0.268. The van der Waals surface area contributed by atoms with Crippen molar-refractivity contribution in [1.82, 2.24) is 10.6 Å². The van der Waals surface area contributed by atoms with E-state index < -0.39 is 0 Å². The molecule has 1 saturated carbocycles. The SMILES string of the molecule is O=C(NC(c1ccccc1)c1ccccc1)N[C@H]1CC[C@@H](Oc2ccc(F)cc2)CC1. The van der Waals surface area contributed by atoms with Gasteiger partial charge in [-0.2, -0.15) is 0 Å². The van der Waals surface area contributed by atoms with Crippen LogP contribution >= 0.6 is 0 Å². The molecule has 5 heteroatoms. The highest BCUT2D eigenvalue weighted by Gasteiger charge is 2.25. The van der Waals surface area contributed by atoms with Crippen LogP contribution in [0.3, 0.4) is 0 Å². The molecule has 1 aliphatic carbocycles. The first kappa shape index (κ1) is 20.9. The average molecular weight is 419 g/mol. The van der Waals surface area contributed by atoms with Gasteiger partial charge in [0.1, 0.15) is 11.6 Å². The number of hydrogen-bond acceptors (Lipinski definition) is 2. The number of urea groups is 1. The fourth-order valence-electron chi connectivity index (χ4n) is 4.04. The minimum Gasteiger partial charge on any atom is -0.490 e. The molecule has 0 heterocycles. The molecular weight excluding hydrogens is 391 g/mol. The Hall–Kier alpha value is -3.34. The van der Waals surface area contributed by atoms with Gasteiger partial charge in [-0.1, -0.05) is 60.7 Å². The molecule has 3 aromatic rings. The highest BCUT2D eigenvalue weighted by molar-refractivity contribution is 5.75. The lowest BCUT2D eigenvalue weighted by atomic mass is 9.93. The molecule has 1 fully saturated rings. The normalized spacial score (nSPS) is 18.4. The average Bonchev–Trinajstić information content (AvgIpc) is 2.81. The number of carbonyl (C=O) groups excluding carboxylic acids is 1. The standard InChI is InChI=1S/C26H27FN2O2/c27-21-11-15-23(16-12-21)31-24-17-13-22(14-18-24)28-26(30)29-25(19-7-3-1-4-8-19)20-9-5-2-6-10-20/h1-12,15-16,22,24-25H,13-14,17-18H2,(H2,28,29,30)/t22-,24+. The summed E-state index contributed by atoms with van der Waals surface area (Å²) in [6, 6.07) is 25.8. The van der Waals surface area contributed by atoms with Gasteiger partial charge >= 0.3 is 6.03 Å². The third-order valence-electron chi connectivity index (χ3n) is 5.67. The van der Waals surface area contributed by atoms with Crippen molar-refractivity contribution in [3.05, 3.63) is 102 Å². The molecule has 0 unspecified atom stereocenters. The van der Waals surface area contributed by atoms with Crippen LogP contribution in [0.2, 0.25) is 0 Å². The predicted octanol–water partition coefficient (Wildman–Crippen LogP) is 5.60. The van der Waals surface area contributed by atoms with E-state index in [2.05, 4.69) is 10.6 Å². The summed E-state index contributed by atoms with van der Waals surface area (Å²) >= 11 is 0. The van der Waals surface area contributed by atoms with Crippen molar-refractivity contribution in [2.24, 2.45) is 0 Å². The van der Waals surface area contributed by atoms with Crippen molar-refractivity contribution < 1.29 is 13.9 Å². The number of nitrogens with one attached hydrogen (secondary N) is 2. The first-order valence-corrected chi connectivity index (χ1v) is 10.8. The molecule has 0 aliphatic heterocycles. The number of rotatable bonds is 6. The lowest BCUT2D eigenvalue weighted by molar-refractivity contribution is 0.140. The second-order valence-corrected chi connectivity index (χ2v) is 7.92. The summed E-state index contributed by atoms with van der Waals surface area (Å²) in [5, 5.41) is 6.26. The van der Waals surface area contributed by atoms with Crippen molar-refractivity contribution in [2.75, 3.05) is 0 Å². The summed E-state index contributed by atoms with van der Waals surface area (Å²) in [4.78, 5) is 12.8. The number of benzene rings is 3. The fraction of sp³-hybridized carbons (Fsp3) is 0.269. The molecule has 0 spiro atoms. The first-order valence-electron chi connectivity index (χ1n) is 10.8. The first-order chi connectivity index (χ1) is 15.2. The van der Waals surface area contributed by atoms with Crippen molar-refractivity contribution in [1.29, 1.82) is 0 Å². The predicted molar refractivity (Wildman–Crippen MR) is 119 cm³/mol. The van der Waals surface area contributed by atoms with Crippen molar-refractivity contribution in [3.63, 3.8) is 0 Å². The van der Waals surface area contributed by atoms with Crippen LogP contribution in [0, 0.1) is 5.82 Å². The number of amides is 2. The zero-order valence-electron chi connectivity index (χ0n) is 17.3. The molecule has 4 nitrogen and oxygen atoms in total. The highest BCUT2D eigenvalue weighted by atomic mass is 19.1. The van der Waals surface area contributed by atoms with Crippen LogP contribution in [0.4, 0.5) is 9.18 Å². The van der Waals surface area contributed by atoms with Crippen molar-refractivity contribution in [2.45, 2.75) is 43.9 Å². The van der Waals surface area contributed by atoms with Gasteiger partial charge in [-0.25, -0.2) is 9.18 Å². The molecule has 0 radical (unpaired) electrons. The molecule has 0 atom stereocenters. The van der Waals surface area contributed by atoms with Gasteiger partial charge in [-0.15, -0.1) is 0 Å². The third-order valence-corrected chi connectivity index (χ3v) is 5.67. The zero-order chi connectivity index (χ0) is 21.5. The van der Waals surface area contributed by atoms with E-state index in [9.17, 15) is 9.18 Å². The van der Waals surface area contributed by atoms with E-state index >= 15 is 0 Å². The Morgan fingerprint density at radius 1 is 0.806 bits per heavy atom. The quantitative estimate of drug-likeness (QED) is 0.547. The van der Waals surface area contributed by atoms with Gasteiger partial charge in [0.25, 0.3) is 0 Å². The van der Waals surface area contributed by atoms with Gasteiger partial charge in [0.2, 0.25) is 0 Å². The summed E-state index contributed by atoms with van der Waals surface area (Å²) in [6.07, 6.45) is 3.49. The molecular formula is C26H27FN2O2. The minimum absolute atomic E-state index is 0.0907. The lowest BCUT2D eigenvalue weighted by Gasteiger charge is -2.30. The molecule has 0 aromatic heterocycles. The van der Waals surface area contributed by atoms with Crippen LogP contribution in [0.25, 0.3) is 0 Å². The molecule has 0 saturated heterocycles. The van der Waals surface area contributed by atoms with E-state index in [1.165, 1.54) is 12.1 Å². The van der Waals surface area contributed by atoms with Gasteiger partial charge in [0.15, 0.2) is 0 Å². The Morgan fingerprint density at radius 2 is 1.35 bits per heavy atom. The van der Waals surface area contributed by atoms with Crippen LogP contribution in [0.1, 0.15) is 42.9 Å². The van der Waals surface area contributed by atoms with Crippen LogP contribution in [-0.4, -0.2) is 18.2 Å². The van der Waals surface area contributed by atoms with Crippen LogP contribution in [0.5, 0.6) is 5.75 Å². The lowest BCUT2D eigenvalue weighted by Crippen LogP contribution is -2.45. The Labute approximate surface area is 182 Å². The van der Waals surface area contributed by atoms with E-state index in [0.717, 1.165) is 36.8 Å². The third kappa shape index (κ3) is 5.85. The maximum atomic E-state index is 13.0. The van der Waals surface area contributed by atoms with Crippen molar-refractivity contribution in [3.8, 4) is 5.75 Å². The second kappa shape index (κ2) is 10.1. The van der Waals surface area contributed by atoms with Gasteiger partial charge in [-0.3, -0.25) is 0 Å². The molecule has 4 rings (SSSR count). The summed E-state index contributed by atoms with van der Waals surface area (Å²) < 4.78 is 19.0. The topological polar surface area (TPSA) is 50.4 Å². The second-order valence-electron chi connectivity index (χ2n) is 7.92. The highest BCUT2D eigenvalue weighted by Crippen LogP contribution is 2.25. The Kier molecular flexibility index (Phi) is 6.82. The number of hydrogen-bond donors (Lipinski definition) is 2. The van der Waals surface area contributed by atoms with E-state index in [1.807, 2.05) is 60.7 Å². The smallest absolute Gasteiger partial charge is 0.315 e. The maximum absolute atomic E-state index is 13.0. The van der Waals surface area contributed by atoms with E-state index in [-0.39, 0.29) is 30.0 Å².